The Bertz CT molecular complexity index is 774. The number of anilines is 1. The van der Waals surface area contributed by atoms with E-state index in [4.69, 9.17) is 10.00 Å². The van der Waals surface area contributed by atoms with Gasteiger partial charge in [0.1, 0.15) is 5.25 Å². The van der Waals surface area contributed by atoms with Crippen LogP contribution in [0.15, 0.2) is 30.4 Å². The summed E-state index contributed by atoms with van der Waals surface area (Å²) in [6, 6.07) is 4.71. The van der Waals surface area contributed by atoms with E-state index in [1.165, 1.54) is 16.4 Å². The summed E-state index contributed by atoms with van der Waals surface area (Å²) >= 11 is 0. The molecule has 2 bridgehead atoms. The Morgan fingerprint density at radius 1 is 1.25 bits per heavy atom. The summed E-state index contributed by atoms with van der Waals surface area (Å²) in [5, 5.41) is 8.32. The first kappa shape index (κ1) is 15.8. The number of hydrogen-bond acceptors (Lipinski definition) is 5. The van der Waals surface area contributed by atoms with Crippen LogP contribution in [0.4, 0.5) is 18.9 Å². The number of nitrogens with zero attached hydrogens (tertiary/aromatic N) is 2. The van der Waals surface area contributed by atoms with Crippen LogP contribution in [-0.4, -0.2) is 33.1 Å². The zero-order valence-corrected chi connectivity index (χ0v) is 13.0. The van der Waals surface area contributed by atoms with Crippen molar-refractivity contribution < 1.29 is 27.0 Å². The van der Waals surface area contributed by atoms with Crippen molar-refractivity contribution in [1.29, 1.82) is 5.26 Å². The third kappa shape index (κ3) is 2.07. The molecule has 4 rings (SSSR count). The second-order valence-electron chi connectivity index (χ2n) is 6.04. The molecule has 2 saturated heterocycles. The van der Waals surface area contributed by atoms with Crippen LogP contribution in [0.2, 0.25) is 0 Å². The Morgan fingerprint density at radius 2 is 1.96 bits per heavy atom. The Kier molecular flexibility index (Phi) is 3.22. The molecule has 2 N–H and O–H groups in total. The number of benzene rings is 1. The van der Waals surface area contributed by atoms with E-state index in [1.54, 1.807) is 6.08 Å². The molecule has 9 heteroatoms. The third-order valence-electron chi connectivity index (χ3n) is 4.76. The van der Waals surface area contributed by atoms with E-state index in [2.05, 4.69) is 0 Å². The maximum absolute atomic E-state index is 13.1. The average molecular weight is 358 g/mol. The molecule has 128 valence electrons. The van der Waals surface area contributed by atoms with Gasteiger partial charge in [0.05, 0.1) is 35.1 Å². The number of halogens is 3. The highest BCUT2D eigenvalue weighted by molar-refractivity contribution is 8.26. The van der Waals surface area contributed by atoms with E-state index in [0.717, 1.165) is 12.1 Å². The van der Waals surface area contributed by atoms with Gasteiger partial charge in [-0.1, -0.05) is 12.2 Å². The summed E-state index contributed by atoms with van der Waals surface area (Å²) < 4.78 is 67.5. The van der Waals surface area contributed by atoms with E-state index in [9.17, 15) is 22.3 Å². The summed E-state index contributed by atoms with van der Waals surface area (Å²) in [6.45, 7) is 0.196. The Morgan fingerprint density at radius 3 is 2.58 bits per heavy atom. The summed E-state index contributed by atoms with van der Waals surface area (Å²) in [6.07, 6.45) is -1.73. The standard InChI is InChI=1S/C15H13F3N2O3S/c16-15(17,18)11-5-9(2-1-8(11)6-19)20-7-10-12-3-4-13(23-12)14(10)24(20,21)22/h1-5,10,12-14,21-22H,7H2/t10-,12+,13-,14-/m0/s1. The number of rotatable bonds is 1. The minimum Gasteiger partial charge on any atom is -0.364 e. The normalized spacial score (nSPS) is 34.2. The molecule has 4 atom stereocenters. The molecule has 0 amide bonds. The van der Waals surface area contributed by atoms with Crippen LogP contribution in [0.1, 0.15) is 11.1 Å². The summed E-state index contributed by atoms with van der Waals surface area (Å²) in [5.74, 6) is -0.171. The lowest BCUT2D eigenvalue weighted by atomic mass is 9.94. The molecule has 1 aromatic rings. The maximum atomic E-state index is 13.1. The quantitative estimate of drug-likeness (QED) is 0.753. The molecule has 1 aromatic carbocycles. The molecule has 5 nitrogen and oxygen atoms in total. The lowest BCUT2D eigenvalue weighted by molar-refractivity contribution is -0.137. The van der Waals surface area contributed by atoms with Crippen LogP contribution < -0.4 is 4.31 Å². The number of ether oxygens (including phenoxy) is 1. The van der Waals surface area contributed by atoms with Crippen molar-refractivity contribution in [2.75, 3.05) is 10.8 Å². The summed E-state index contributed by atoms with van der Waals surface area (Å²) in [7, 11) is -3.32. The molecular formula is C15H13F3N2O3S. The monoisotopic (exact) mass is 358 g/mol. The van der Waals surface area contributed by atoms with Crippen LogP contribution in [-0.2, 0) is 10.9 Å². The number of hydrogen-bond donors (Lipinski definition) is 2. The lowest BCUT2D eigenvalue weighted by Gasteiger charge is -2.43. The van der Waals surface area contributed by atoms with Gasteiger partial charge in [0, 0.05) is 12.5 Å². The summed E-state index contributed by atoms with van der Waals surface area (Å²) in [4.78, 5) is 0. The lowest BCUT2D eigenvalue weighted by Crippen LogP contribution is -2.31. The van der Waals surface area contributed by atoms with Gasteiger partial charge in [0.2, 0.25) is 0 Å². The molecule has 3 aliphatic heterocycles. The van der Waals surface area contributed by atoms with Gasteiger partial charge in [-0.15, -0.1) is 10.8 Å². The van der Waals surface area contributed by atoms with Crippen molar-refractivity contribution in [1.82, 2.24) is 0 Å². The molecule has 3 aliphatic rings. The van der Waals surface area contributed by atoms with E-state index >= 15 is 0 Å². The van der Waals surface area contributed by atoms with Crippen molar-refractivity contribution in [3.8, 4) is 6.07 Å². The van der Waals surface area contributed by atoms with Crippen molar-refractivity contribution >= 4 is 16.5 Å². The number of fused-ring (bicyclic) bond motifs is 5. The smallest absolute Gasteiger partial charge is 0.364 e. The number of alkyl halides is 3. The van der Waals surface area contributed by atoms with E-state index < -0.39 is 39.4 Å². The highest BCUT2D eigenvalue weighted by atomic mass is 32.3. The first-order valence-electron chi connectivity index (χ1n) is 7.23. The second-order valence-corrected chi connectivity index (χ2v) is 8.15. The van der Waals surface area contributed by atoms with Gasteiger partial charge in [-0.3, -0.25) is 13.4 Å². The van der Waals surface area contributed by atoms with Gasteiger partial charge in [-0.25, -0.2) is 0 Å². The van der Waals surface area contributed by atoms with Crippen LogP contribution in [0.3, 0.4) is 0 Å². The van der Waals surface area contributed by atoms with Crippen molar-refractivity contribution in [2.45, 2.75) is 23.6 Å². The Balaban J connectivity index is 1.74. The molecular weight excluding hydrogens is 345 g/mol. The zero-order chi connectivity index (χ0) is 17.3. The minimum atomic E-state index is -4.69. The van der Waals surface area contributed by atoms with Crippen molar-refractivity contribution in [3.63, 3.8) is 0 Å². The SMILES string of the molecule is N#Cc1ccc(N2C[C@@H]3[C@@H]([C@@H]4C=C[C@H]3O4)S2(O)O)cc1C(F)(F)F. The highest BCUT2D eigenvalue weighted by Gasteiger charge is 2.59. The van der Waals surface area contributed by atoms with Gasteiger partial charge in [0.25, 0.3) is 0 Å². The molecule has 3 heterocycles. The second kappa shape index (κ2) is 4.89. The molecule has 0 aliphatic carbocycles. The van der Waals surface area contributed by atoms with Gasteiger partial charge in [-0.2, -0.15) is 18.4 Å². The average Bonchev–Trinajstić information content (AvgIpc) is 3.18. The van der Waals surface area contributed by atoms with E-state index in [-0.39, 0.29) is 24.3 Å². The first-order valence-corrected chi connectivity index (χ1v) is 8.80. The van der Waals surface area contributed by atoms with Gasteiger partial charge in [-0.05, 0) is 18.2 Å². The van der Waals surface area contributed by atoms with Crippen molar-refractivity contribution in [2.24, 2.45) is 5.92 Å². The third-order valence-corrected chi connectivity index (χ3v) is 7.11. The van der Waals surface area contributed by atoms with E-state index in [1.807, 2.05) is 6.08 Å². The molecule has 24 heavy (non-hydrogen) atoms. The zero-order valence-electron chi connectivity index (χ0n) is 12.1. The molecule has 0 spiro atoms. The van der Waals surface area contributed by atoms with Crippen LogP contribution in [0, 0.1) is 17.2 Å². The highest BCUT2D eigenvalue weighted by Crippen LogP contribution is 2.64. The predicted octanol–water partition coefficient (Wildman–Crippen LogP) is 3.38. The van der Waals surface area contributed by atoms with Gasteiger partial charge in [0.15, 0.2) is 0 Å². The maximum Gasteiger partial charge on any atom is 0.417 e. The fourth-order valence-electron chi connectivity index (χ4n) is 3.70. The largest absolute Gasteiger partial charge is 0.417 e. The number of nitriles is 1. The Labute approximate surface area is 137 Å². The van der Waals surface area contributed by atoms with E-state index in [0.29, 0.717) is 0 Å². The first-order chi connectivity index (χ1) is 11.2. The fraction of sp³-hybridized carbons (Fsp3) is 0.400. The van der Waals surface area contributed by atoms with Crippen molar-refractivity contribution in [3.05, 3.63) is 41.5 Å². The molecule has 2 fully saturated rings. The topological polar surface area (TPSA) is 76.7 Å². The molecule has 0 radical (unpaired) electrons. The van der Waals surface area contributed by atoms with Crippen LogP contribution in [0.25, 0.3) is 0 Å². The summed E-state index contributed by atoms with van der Waals surface area (Å²) in [5.41, 5.74) is -1.52. The fourth-order valence-corrected chi connectivity index (χ4v) is 6.04. The molecule has 0 unspecified atom stereocenters. The molecule has 0 saturated carbocycles. The predicted molar refractivity (Wildman–Crippen MR) is 81.4 cm³/mol. The van der Waals surface area contributed by atoms with Gasteiger partial charge >= 0.3 is 6.18 Å². The molecule has 0 aromatic heterocycles. The van der Waals surface area contributed by atoms with Crippen LogP contribution >= 0.6 is 10.8 Å². The van der Waals surface area contributed by atoms with Gasteiger partial charge < -0.3 is 4.74 Å². The van der Waals surface area contributed by atoms with Crippen LogP contribution in [0.5, 0.6) is 0 Å². The minimum absolute atomic E-state index is 0.0510. The Hall–Kier alpha value is -1.73.